The molecule has 0 spiro atoms. The second-order valence-electron chi connectivity index (χ2n) is 8.27. The smallest absolute Gasteiger partial charge is 0.323 e. The monoisotopic (exact) mass is 477 g/mol. The number of rotatable bonds is 4. The molecule has 1 fully saturated rings. The van der Waals surface area contributed by atoms with Crippen molar-refractivity contribution in [3.05, 3.63) is 47.2 Å². The van der Waals surface area contributed by atoms with Crippen molar-refractivity contribution in [1.82, 2.24) is 14.9 Å². The number of fused-ring (bicyclic) bond motifs is 1. The van der Waals surface area contributed by atoms with Crippen molar-refractivity contribution in [2.75, 3.05) is 29.9 Å². The Morgan fingerprint density at radius 1 is 1.24 bits per heavy atom. The van der Waals surface area contributed by atoms with E-state index in [1.807, 2.05) is 6.92 Å². The number of halogens is 2. The van der Waals surface area contributed by atoms with E-state index in [1.54, 1.807) is 22.8 Å². The third-order valence-electron chi connectivity index (χ3n) is 5.71. The highest BCUT2D eigenvalue weighted by molar-refractivity contribution is 7.22. The van der Waals surface area contributed by atoms with Gasteiger partial charge in [0.1, 0.15) is 11.9 Å². The number of thiazole rings is 1. The molecule has 3 heterocycles. The third-order valence-corrected chi connectivity index (χ3v) is 6.64. The van der Waals surface area contributed by atoms with Gasteiger partial charge in [0.05, 0.1) is 16.3 Å². The van der Waals surface area contributed by atoms with E-state index in [1.165, 1.54) is 36.6 Å². The highest BCUT2D eigenvalue weighted by Crippen LogP contribution is 2.29. The summed E-state index contributed by atoms with van der Waals surface area (Å²) in [4.78, 5) is 24.7. The summed E-state index contributed by atoms with van der Waals surface area (Å²) in [5.41, 5.74) is 1.31. The van der Waals surface area contributed by atoms with Gasteiger partial charge in [-0.2, -0.15) is 0 Å². The van der Waals surface area contributed by atoms with E-state index >= 15 is 0 Å². The summed E-state index contributed by atoms with van der Waals surface area (Å²) in [6.07, 6.45) is -0.919. The van der Waals surface area contributed by atoms with Crippen LogP contribution in [0.25, 0.3) is 10.2 Å². The number of urea groups is 1. The van der Waals surface area contributed by atoms with E-state index in [-0.39, 0.29) is 29.3 Å². The lowest BCUT2D eigenvalue weighted by molar-refractivity contribution is 0.0301. The molecule has 1 aliphatic rings. The highest BCUT2D eigenvalue weighted by Gasteiger charge is 2.30. The Morgan fingerprint density at radius 3 is 2.67 bits per heavy atom. The van der Waals surface area contributed by atoms with Crippen molar-refractivity contribution in [2.24, 2.45) is 0 Å². The molecule has 1 unspecified atom stereocenters. The number of hydrogen-bond donors (Lipinski definition) is 3. The molecular formula is C22H25F2N5O3S. The minimum atomic E-state index is -1.22. The maximum absolute atomic E-state index is 14.7. The molecule has 3 aromatic rings. The number of nitrogens with one attached hydrogen (secondary N) is 1. The molecule has 0 saturated carbocycles. The number of carbonyl (C=O) groups excluding carboxylic acids is 1. The maximum Gasteiger partial charge on any atom is 0.323 e. The first-order valence-electron chi connectivity index (χ1n) is 10.5. The Bertz CT molecular complexity index is 1150. The van der Waals surface area contributed by atoms with E-state index in [4.69, 9.17) is 0 Å². The van der Waals surface area contributed by atoms with Crippen LogP contribution < -0.4 is 10.2 Å². The second kappa shape index (κ2) is 9.16. The molecular weight excluding hydrogens is 452 g/mol. The van der Waals surface area contributed by atoms with Gasteiger partial charge in [-0.15, -0.1) is 0 Å². The van der Waals surface area contributed by atoms with Crippen LogP contribution in [-0.2, 0) is 0 Å². The fourth-order valence-electron chi connectivity index (χ4n) is 3.83. The number of amides is 2. The lowest BCUT2D eigenvalue weighted by atomic mass is 10.1. The van der Waals surface area contributed by atoms with Crippen LogP contribution in [-0.4, -0.2) is 62.9 Å². The Kier molecular flexibility index (Phi) is 6.46. The number of aryl methyl sites for hydroxylation is 1. The number of hydrogen-bond acceptors (Lipinski definition) is 7. The van der Waals surface area contributed by atoms with Gasteiger partial charge in [0.15, 0.2) is 16.8 Å². The third kappa shape index (κ3) is 4.75. The quantitative estimate of drug-likeness (QED) is 0.532. The average Bonchev–Trinajstić information content (AvgIpc) is 3.14. The Labute approximate surface area is 193 Å². The number of nitrogens with zero attached hydrogens (tertiary/aromatic N) is 4. The van der Waals surface area contributed by atoms with Crippen molar-refractivity contribution in [3.63, 3.8) is 0 Å². The van der Waals surface area contributed by atoms with Crippen molar-refractivity contribution in [3.8, 4) is 0 Å². The summed E-state index contributed by atoms with van der Waals surface area (Å²) < 4.78 is 29.1. The number of anilines is 2. The topological polar surface area (TPSA) is 102 Å². The second-order valence-corrected chi connectivity index (χ2v) is 9.30. The van der Waals surface area contributed by atoms with Gasteiger partial charge >= 0.3 is 6.03 Å². The standard InChI is InChI=1S/C22H25F2N5O3S/c1-11-6-17-18(8-15(11)23)33-21(26-17)27-22(32)28-4-5-29(12(2)10-28)20-16(24)7-14(9-25-20)19(31)13(3)30/h6-9,12-13,19,30-31H,4-5,10H2,1-3H3,(H,26,27,32)/t12?,13-,19+/m0/s1. The minimum absolute atomic E-state index is 0.132. The molecule has 4 rings (SSSR count). The molecule has 3 atom stereocenters. The number of aromatic nitrogens is 2. The molecule has 1 aromatic carbocycles. The summed E-state index contributed by atoms with van der Waals surface area (Å²) >= 11 is 1.20. The van der Waals surface area contributed by atoms with Gasteiger partial charge in [-0.3, -0.25) is 5.32 Å². The first-order chi connectivity index (χ1) is 15.6. The minimum Gasteiger partial charge on any atom is -0.390 e. The fourth-order valence-corrected chi connectivity index (χ4v) is 4.69. The maximum atomic E-state index is 14.7. The van der Waals surface area contributed by atoms with Crippen LogP contribution in [0.3, 0.4) is 0 Å². The Balaban J connectivity index is 1.42. The van der Waals surface area contributed by atoms with Crippen LogP contribution in [0.2, 0.25) is 0 Å². The molecule has 1 aliphatic heterocycles. The molecule has 3 N–H and O–H groups in total. The predicted molar refractivity (Wildman–Crippen MR) is 123 cm³/mol. The molecule has 11 heteroatoms. The summed E-state index contributed by atoms with van der Waals surface area (Å²) in [7, 11) is 0. The van der Waals surface area contributed by atoms with Crippen molar-refractivity contribution < 1.29 is 23.8 Å². The summed E-state index contributed by atoms with van der Waals surface area (Å²) in [6.45, 7) is 5.98. The zero-order valence-electron chi connectivity index (χ0n) is 18.4. The lowest BCUT2D eigenvalue weighted by Gasteiger charge is -2.40. The van der Waals surface area contributed by atoms with Gasteiger partial charge in [-0.25, -0.2) is 23.5 Å². The molecule has 0 bridgehead atoms. The molecule has 2 aromatic heterocycles. The van der Waals surface area contributed by atoms with Crippen molar-refractivity contribution in [1.29, 1.82) is 0 Å². The highest BCUT2D eigenvalue weighted by atomic mass is 32.1. The van der Waals surface area contributed by atoms with E-state index in [0.717, 1.165) is 0 Å². The first kappa shape index (κ1) is 23.3. The van der Waals surface area contributed by atoms with Gasteiger partial charge in [0.25, 0.3) is 0 Å². The molecule has 0 radical (unpaired) electrons. The van der Waals surface area contributed by atoms with E-state index < -0.39 is 18.0 Å². The molecule has 176 valence electrons. The number of aliphatic hydroxyl groups is 2. The largest absolute Gasteiger partial charge is 0.390 e. The van der Waals surface area contributed by atoms with Gasteiger partial charge in [-0.05, 0) is 44.5 Å². The van der Waals surface area contributed by atoms with Gasteiger partial charge in [-0.1, -0.05) is 11.3 Å². The zero-order valence-corrected chi connectivity index (χ0v) is 19.2. The van der Waals surface area contributed by atoms with Crippen LogP contribution in [0.4, 0.5) is 24.5 Å². The van der Waals surface area contributed by atoms with E-state index in [0.29, 0.717) is 40.5 Å². The summed E-state index contributed by atoms with van der Waals surface area (Å²) in [5.74, 6) is -0.787. The average molecular weight is 478 g/mol. The zero-order chi connectivity index (χ0) is 23.9. The van der Waals surface area contributed by atoms with E-state index in [2.05, 4.69) is 15.3 Å². The number of pyridine rings is 1. The molecule has 1 saturated heterocycles. The lowest BCUT2D eigenvalue weighted by Crippen LogP contribution is -2.55. The van der Waals surface area contributed by atoms with Crippen LogP contribution in [0.5, 0.6) is 0 Å². The Hall–Kier alpha value is -2.89. The van der Waals surface area contributed by atoms with Crippen LogP contribution in [0, 0.1) is 18.6 Å². The van der Waals surface area contributed by atoms with E-state index in [9.17, 15) is 23.8 Å². The number of carbonyl (C=O) groups is 1. The van der Waals surface area contributed by atoms with Gasteiger partial charge in [0.2, 0.25) is 0 Å². The SMILES string of the molecule is Cc1cc2nc(NC(=O)N3CCN(c4ncc([C@H](O)[C@H](C)O)cc4F)C(C)C3)sc2cc1F. The number of aliphatic hydroxyl groups excluding tert-OH is 2. The number of benzene rings is 1. The molecule has 8 nitrogen and oxygen atoms in total. The van der Waals surface area contributed by atoms with Gasteiger partial charge < -0.3 is 20.0 Å². The summed E-state index contributed by atoms with van der Waals surface area (Å²) in [6, 6.07) is 3.67. The van der Waals surface area contributed by atoms with Gasteiger partial charge in [0, 0.05) is 37.4 Å². The van der Waals surface area contributed by atoms with Crippen LogP contribution >= 0.6 is 11.3 Å². The molecule has 0 aliphatic carbocycles. The summed E-state index contributed by atoms with van der Waals surface area (Å²) in [5, 5.41) is 22.6. The molecule has 2 amide bonds. The van der Waals surface area contributed by atoms with Crippen LogP contribution in [0.1, 0.15) is 31.1 Å². The normalized spacial score (nSPS) is 18.5. The first-order valence-corrected chi connectivity index (χ1v) is 11.4. The molecule has 33 heavy (non-hydrogen) atoms. The predicted octanol–water partition coefficient (Wildman–Crippen LogP) is 3.43. The van der Waals surface area contributed by atoms with Crippen molar-refractivity contribution in [2.45, 2.75) is 39.0 Å². The van der Waals surface area contributed by atoms with Crippen molar-refractivity contribution >= 4 is 38.5 Å². The fraction of sp³-hybridized carbons (Fsp3) is 0.409. The Morgan fingerprint density at radius 2 is 2.00 bits per heavy atom. The number of piperazine rings is 1. The van der Waals surface area contributed by atoms with Crippen LogP contribution in [0.15, 0.2) is 24.4 Å².